The average Bonchev–Trinajstić information content (AvgIpc) is 3.07. The van der Waals surface area contributed by atoms with Gasteiger partial charge in [0.15, 0.2) is 12.9 Å². The lowest BCUT2D eigenvalue weighted by molar-refractivity contribution is -0.294. The van der Waals surface area contributed by atoms with Gasteiger partial charge in [0, 0.05) is 30.7 Å². The summed E-state index contributed by atoms with van der Waals surface area (Å²) in [7, 11) is 0. The summed E-state index contributed by atoms with van der Waals surface area (Å²) in [5.74, 6) is -1.27. The zero-order chi connectivity index (χ0) is 36.9. The van der Waals surface area contributed by atoms with Crippen LogP contribution in [0.1, 0.15) is 64.2 Å². The Morgan fingerprint density at radius 3 is 2.28 bits per heavy atom. The van der Waals surface area contributed by atoms with Gasteiger partial charge in [0.25, 0.3) is 11.8 Å². The summed E-state index contributed by atoms with van der Waals surface area (Å²) >= 11 is 0. The zero-order valence-corrected chi connectivity index (χ0v) is 29.4. The zero-order valence-electron chi connectivity index (χ0n) is 29.4. The number of aliphatic carboxylic acids is 1. The van der Waals surface area contributed by atoms with Crippen LogP contribution < -0.4 is 15.4 Å². The van der Waals surface area contributed by atoms with Crippen LogP contribution in [-0.2, 0) is 28.5 Å². The molecule has 14 nitrogen and oxygen atoms in total. The summed E-state index contributed by atoms with van der Waals surface area (Å²) in [4.78, 5) is 36.9. The summed E-state index contributed by atoms with van der Waals surface area (Å²) in [6.07, 6.45) is -4.93. The highest BCUT2D eigenvalue weighted by molar-refractivity contribution is 5.96. The van der Waals surface area contributed by atoms with E-state index in [2.05, 4.69) is 10.6 Å². The van der Waals surface area contributed by atoms with E-state index in [0.717, 1.165) is 11.1 Å². The molecular formula is C36H52N2O12. The van der Waals surface area contributed by atoms with E-state index in [1.54, 1.807) is 25.1 Å². The van der Waals surface area contributed by atoms with Crippen LogP contribution in [0.4, 0.5) is 0 Å². The summed E-state index contributed by atoms with van der Waals surface area (Å²) in [6.45, 7) is 9.59. The second-order valence-corrected chi connectivity index (χ2v) is 13.5. The Morgan fingerprint density at radius 1 is 0.860 bits per heavy atom. The molecule has 0 bridgehead atoms. The van der Waals surface area contributed by atoms with E-state index < -0.39 is 53.7 Å². The Kier molecular flexibility index (Phi) is 15.6. The first-order valence-electron chi connectivity index (χ1n) is 16.7. The Labute approximate surface area is 293 Å². The van der Waals surface area contributed by atoms with Crippen molar-refractivity contribution < 1.29 is 58.5 Å². The highest BCUT2D eigenvalue weighted by Gasteiger charge is 2.42. The fraction of sp³-hybridized carbons (Fsp3) is 0.583. The first-order valence-corrected chi connectivity index (χ1v) is 16.7. The van der Waals surface area contributed by atoms with Gasteiger partial charge in [0.05, 0.1) is 31.5 Å². The van der Waals surface area contributed by atoms with E-state index >= 15 is 0 Å². The third-order valence-electron chi connectivity index (χ3n) is 8.15. The molecule has 1 aliphatic rings. The van der Waals surface area contributed by atoms with E-state index in [9.17, 15) is 29.7 Å². The molecule has 1 heterocycles. The molecule has 1 aliphatic heterocycles. The van der Waals surface area contributed by atoms with Gasteiger partial charge in [-0.05, 0) is 76.8 Å². The van der Waals surface area contributed by atoms with Crippen LogP contribution in [0.3, 0.4) is 0 Å². The van der Waals surface area contributed by atoms with Crippen LogP contribution in [-0.4, -0.2) is 120 Å². The molecule has 278 valence electrons. The molecule has 14 heteroatoms. The molecule has 0 aromatic heterocycles. The van der Waals surface area contributed by atoms with Gasteiger partial charge in [-0.25, -0.2) is 0 Å². The van der Waals surface area contributed by atoms with Crippen LogP contribution in [0.15, 0.2) is 48.5 Å². The van der Waals surface area contributed by atoms with Crippen molar-refractivity contribution >= 4 is 17.8 Å². The van der Waals surface area contributed by atoms with Gasteiger partial charge in [0.1, 0.15) is 24.1 Å². The number of aliphatic hydroxyl groups excluding tert-OH is 3. The maximum absolute atomic E-state index is 13.5. The third-order valence-corrected chi connectivity index (χ3v) is 8.15. The van der Waals surface area contributed by atoms with Crippen LogP contribution in [0, 0.1) is 0 Å². The monoisotopic (exact) mass is 704 g/mol. The number of carboxylic acid groups (broad SMARTS) is 1. The number of carboxylic acids is 1. The normalized spacial score (nSPS) is 21.0. The van der Waals surface area contributed by atoms with E-state index in [4.69, 9.17) is 28.8 Å². The predicted molar refractivity (Wildman–Crippen MR) is 183 cm³/mol. The number of hydrogen-bond acceptors (Lipinski definition) is 11. The van der Waals surface area contributed by atoms with Crippen molar-refractivity contribution in [2.24, 2.45) is 0 Å². The molecule has 6 N–H and O–H groups in total. The minimum Gasteiger partial charge on any atom is -0.484 e. The molecule has 0 saturated carbocycles. The molecule has 2 aromatic rings. The van der Waals surface area contributed by atoms with Gasteiger partial charge in [0.2, 0.25) is 0 Å². The Balaban J connectivity index is 1.48. The first-order chi connectivity index (χ1) is 23.6. The average molecular weight is 705 g/mol. The predicted octanol–water partition coefficient (Wildman–Crippen LogP) is 2.27. The molecule has 2 aromatic carbocycles. The molecule has 0 radical (unpaired) electrons. The number of hydrogen-bond donors (Lipinski definition) is 6. The Bertz CT molecular complexity index is 1390. The number of ether oxygens (including phenoxy) is 5. The SMILES string of the molecule is C[C@@H]1O[C@@H](OCCOCCNC(=O)COc2cc(C(=O)NC(C)(C)CCOC(C)(C)CCC(=O)O)cc(-c3ccccc3)c2)[C@H](O)[C@H](O)[C@H]1O. The van der Waals surface area contributed by atoms with Gasteiger partial charge >= 0.3 is 5.97 Å². The van der Waals surface area contributed by atoms with Crippen molar-refractivity contribution in [1.82, 2.24) is 10.6 Å². The Hall–Kier alpha value is -3.63. The van der Waals surface area contributed by atoms with E-state index in [0.29, 0.717) is 30.8 Å². The quantitative estimate of drug-likeness (QED) is 0.110. The molecular weight excluding hydrogens is 652 g/mol. The fourth-order valence-corrected chi connectivity index (χ4v) is 5.05. The van der Waals surface area contributed by atoms with E-state index in [-0.39, 0.29) is 45.3 Å². The standard InChI is InChI=1S/C36H52N2O12/c1-23-30(42)31(43)32(44)34(50-23)47-18-17-46-16-14-37-28(39)22-48-27-20-25(24-9-7-6-8-10-24)19-26(21-27)33(45)38-35(2,3)13-15-49-36(4,5)12-11-29(40)41/h6-10,19-21,23,30-32,34,42-44H,11-18,22H2,1-5H3,(H,37,39)(H,38,45)(H,40,41)/t23-,30-,31+,32+,34+/m0/s1. The molecule has 1 saturated heterocycles. The number of carbonyl (C=O) groups excluding carboxylic acids is 2. The topological polar surface area (TPSA) is 202 Å². The summed E-state index contributed by atoms with van der Waals surface area (Å²) in [6, 6.07) is 14.6. The number of carbonyl (C=O) groups is 3. The maximum Gasteiger partial charge on any atom is 0.303 e. The number of benzene rings is 2. The maximum atomic E-state index is 13.5. The minimum absolute atomic E-state index is 0.00611. The first kappa shape index (κ1) is 40.8. The lowest BCUT2D eigenvalue weighted by Gasteiger charge is -2.38. The van der Waals surface area contributed by atoms with Crippen molar-refractivity contribution in [3.05, 3.63) is 54.1 Å². The fourth-order valence-electron chi connectivity index (χ4n) is 5.05. The summed E-state index contributed by atoms with van der Waals surface area (Å²) in [5, 5.41) is 44.3. The number of nitrogens with one attached hydrogen (secondary N) is 2. The highest BCUT2D eigenvalue weighted by atomic mass is 16.7. The van der Waals surface area contributed by atoms with E-state index in [1.165, 1.54) is 0 Å². The molecule has 0 unspecified atom stereocenters. The van der Waals surface area contributed by atoms with Crippen molar-refractivity contribution in [2.45, 2.75) is 95.7 Å². The number of aliphatic hydroxyl groups is 3. The van der Waals surface area contributed by atoms with Crippen molar-refractivity contribution in [3.63, 3.8) is 0 Å². The summed E-state index contributed by atoms with van der Waals surface area (Å²) in [5.41, 5.74) is 0.682. The van der Waals surface area contributed by atoms with Crippen molar-refractivity contribution in [3.8, 4) is 16.9 Å². The smallest absolute Gasteiger partial charge is 0.303 e. The molecule has 0 aliphatic carbocycles. The van der Waals surface area contributed by atoms with Gasteiger partial charge in [-0.15, -0.1) is 0 Å². The van der Waals surface area contributed by atoms with Gasteiger partial charge in [-0.3, -0.25) is 14.4 Å². The van der Waals surface area contributed by atoms with Crippen LogP contribution in [0.2, 0.25) is 0 Å². The molecule has 0 spiro atoms. The highest BCUT2D eigenvalue weighted by Crippen LogP contribution is 2.27. The number of rotatable bonds is 20. The third kappa shape index (κ3) is 13.6. The van der Waals surface area contributed by atoms with Crippen LogP contribution in [0.25, 0.3) is 11.1 Å². The van der Waals surface area contributed by atoms with Gasteiger partial charge in [-0.1, -0.05) is 30.3 Å². The lowest BCUT2D eigenvalue weighted by atomic mass is 9.98. The molecule has 3 rings (SSSR count). The lowest BCUT2D eigenvalue weighted by Crippen LogP contribution is -2.57. The Morgan fingerprint density at radius 2 is 1.58 bits per heavy atom. The largest absolute Gasteiger partial charge is 0.484 e. The second-order valence-electron chi connectivity index (χ2n) is 13.5. The van der Waals surface area contributed by atoms with Crippen LogP contribution in [0.5, 0.6) is 5.75 Å². The molecule has 1 fully saturated rings. The van der Waals surface area contributed by atoms with Gasteiger partial charge in [-0.2, -0.15) is 0 Å². The molecule has 5 atom stereocenters. The molecule has 50 heavy (non-hydrogen) atoms. The van der Waals surface area contributed by atoms with Crippen molar-refractivity contribution in [1.29, 1.82) is 0 Å². The second kappa shape index (κ2) is 19.1. The van der Waals surface area contributed by atoms with Crippen LogP contribution >= 0.6 is 0 Å². The minimum atomic E-state index is -1.40. The van der Waals surface area contributed by atoms with Crippen molar-refractivity contribution in [2.75, 3.05) is 39.6 Å². The van der Waals surface area contributed by atoms with E-state index in [1.807, 2.05) is 58.0 Å². The summed E-state index contributed by atoms with van der Waals surface area (Å²) < 4.78 is 28.0. The molecule has 2 amide bonds. The number of amides is 2. The van der Waals surface area contributed by atoms with Gasteiger partial charge < -0.3 is 54.7 Å².